The third kappa shape index (κ3) is 9.08. The topological polar surface area (TPSA) is 277 Å². The number of carboxylic acid groups (broad SMARTS) is 1. The smallest absolute Gasteiger partial charge is 0.300 e. The Morgan fingerprint density at radius 3 is 2.29 bits per heavy atom. The Hall–Kier alpha value is -4.99. The van der Waals surface area contributed by atoms with Gasteiger partial charge in [0.25, 0.3) is 16.1 Å². The number of carboxylic acids is 1. The van der Waals surface area contributed by atoms with Gasteiger partial charge in [0.05, 0.1) is 45.1 Å². The summed E-state index contributed by atoms with van der Waals surface area (Å²) in [5.41, 5.74) is 7.85. The van der Waals surface area contributed by atoms with Crippen molar-refractivity contribution in [2.24, 2.45) is 20.5 Å². The zero-order valence-electron chi connectivity index (χ0n) is 24.5. The van der Waals surface area contributed by atoms with Crippen LogP contribution in [0.3, 0.4) is 0 Å². The second-order valence-electron chi connectivity index (χ2n) is 9.19. The fraction of sp³-hybridized carbons (Fsp3) is 0.0741. The van der Waals surface area contributed by atoms with E-state index in [2.05, 4.69) is 39.9 Å². The van der Waals surface area contributed by atoms with Gasteiger partial charge in [-0.05, 0) is 66.9 Å². The van der Waals surface area contributed by atoms with Crippen molar-refractivity contribution in [2.45, 2.75) is 23.6 Å². The van der Waals surface area contributed by atoms with Crippen LogP contribution in [0.4, 0.5) is 28.6 Å². The fourth-order valence-corrected chi connectivity index (χ4v) is 4.88. The van der Waals surface area contributed by atoms with E-state index >= 15 is 0 Å². The molecule has 0 amide bonds. The molecule has 21 heteroatoms. The first-order chi connectivity index (χ1) is 22.3. The monoisotopic (exact) mass is 747 g/mol. The Morgan fingerprint density at radius 2 is 1.67 bits per heavy atom. The van der Waals surface area contributed by atoms with Gasteiger partial charge < -0.3 is 21.1 Å². The second-order valence-corrected chi connectivity index (χ2v) is 11.4. The van der Waals surface area contributed by atoms with Gasteiger partial charge in [-0.25, -0.2) is 9.94 Å². The minimum absolute atomic E-state index is 0. The van der Waals surface area contributed by atoms with Crippen molar-refractivity contribution >= 4 is 67.5 Å². The molecule has 0 spiro atoms. The molecule has 3 aromatic carbocycles. The summed E-state index contributed by atoms with van der Waals surface area (Å²) in [6, 6.07) is 13.1. The number of aliphatic carboxylic acids is 1. The third-order valence-corrected chi connectivity index (χ3v) is 7.42. The molecule has 18 nitrogen and oxygen atoms in total. The number of anilines is 1. The van der Waals surface area contributed by atoms with Crippen LogP contribution in [-0.2, 0) is 41.4 Å². The van der Waals surface area contributed by atoms with Gasteiger partial charge in [-0.3, -0.25) is 14.3 Å². The van der Waals surface area contributed by atoms with Crippen LogP contribution in [0.5, 0.6) is 11.5 Å². The molecule has 0 aliphatic carbocycles. The van der Waals surface area contributed by atoms with Gasteiger partial charge >= 0.3 is 0 Å². The summed E-state index contributed by atoms with van der Waals surface area (Å²) in [4.78, 5) is 12.7. The predicted molar refractivity (Wildman–Crippen MR) is 166 cm³/mol. The molecule has 7 N–H and O–H groups in total. The number of hydrogen-bond acceptors (Lipinski definition) is 16. The van der Waals surface area contributed by atoms with Gasteiger partial charge in [0, 0.05) is 35.6 Å². The Balaban J connectivity index is 0.00000118. The summed E-state index contributed by atoms with van der Waals surface area (Å²) in [6.45, 7) is 2.75. The van der Waals surface area contributed by atoms with Crippen LogP contribution < -0.4 is 5.73 Å². The summed E-state index contributed by atoms with van der Waals surface area (Å²) < 4.78 is 37.8. The molecule has 0 saturated heterocycles. The molecule has 0 unspecified atom stereocenters. The molecule has 0 saturated carbocycles. The molecular formula is C27H24CuN8O10S2. The van der Waals surface area contributed by atoms with E-state index in [1.165, 1.54) is 47.4 Å². The number of phenolic OH excluding ortho intramolecular Hbond substituents is 1. The average Bonchev–Trinajstić information content (AvgIpc) is 3.31. The quantitative estimate of drug-likeness (QED) is 0.0240. The molecule has 0 aliphatic rings. The number of phenols is 1. The molecule has 1 radical (unpaired) electrons. The van der Waals surface area contributed by atoms with E-state index in [1.54, 1.807) is 31.2 Å². The zero-order valence-corrected chi connectivity index (χ0v) is 27.0. The molecular weight excluding hydrogens is 724 g/mol. The van der Waals surface area contributed by atoms with Crippen molar-refractivity contribution in [1.29, 1.82) is 0 Å². The van der Waals surface area contributed by atoms with E-state index in [-0.39, 0.29) is 61.2 Å². The molecule has 0 fully saturated rings. The van der Waals surface area contributed by atoms with Crippen molar-refractivity contribution in [3.63, 3.8) is 0 Å². The number of aromatic nitrogens is 3. The Morgan fingerprint density at radius 1 is 1.00 bits per heavy atom. The number of pyridine rings is 1. The number of azo groups is 2. The number of hydrogen-bond donors (Lipinski definition) is 6. The number of nitrogen functional groups attached to an aromatic ring is 1. The Bertz CT molecular complexity index is 2110. The molecule has 2 aromatic heterocycles. The fourth-order valence-electron chi connectivity index (χ4n) is 3.90. The summed E-state index contributed by atoms with van der Waals surface area (Å²) in [6.07, 6.45) is 2.60. The number of carbonyl (C=O) groups is 1. The Labute approximate surface area is 285 Å². The van der Waals surface area contributed by atoms with E-state index in [4.69, 9.17) is 20.9 Å². The first-order valence-electron chi connectivity index (χ1n) is 12.8. The number of aryl methyl sites for hydroxylation is 1. The minimum Gasteiger partial charge on any atom is -0.505 e. The summed E-state index contributed by atoms with van der Waals surface area (Å²) in [5.74, 6) is -1.19. The van der Waals surface area contributed by atoms with Crippen LogP contribution in [0.1, 0.15) is 12.6 Å². The van der Waals surface area contributed by atoms with E-state index in [0.29, 0.717) is 39.9 Å². The van der Waals surface area contributed by atoms with Crippen LogP contribution in [-0.4, -0.2) is 54.3 Å². The first-order valence-corrected chi connectivity index (χ1v) is 15.0. The maximum atomic E-state index is 11.3. The van der Waals surface area contributed by atoms with Gasteiger partial charge in [-0.1, -0.05) is 5.04 Å². The number of nitrogens with two attached hydrogens (primary N) is 1. The molecule has 5 aromatic rings. The van der Waals surface area contributed by atoms with Crippen LogP contribution in [0.15, 0.2) is 97.2 Å². The summed E-state index contributed by atoms with van der Waals surface area (Å²) >= 11 is 0.549. The van der Waals surface area contributed by atoms with Crippen molar-refractivity contribution < 1.29 is 64.8 Å². The first kappa shape index (κ1) is 37.5. The average molecular weight is 748 g/mol. The molecule has 255 valence electrons. The minimum atomic E-state index is -4.36. The summed E-state index contributed by atoms with van der Waals surface area (Å²) in [5, 5.41) is 62.4. The maximum Gasteiger partial charge on any atom is 0.300 e. The van der Waals surface area contributed by atoms with Crippen molar-refractivity contribution in [3.05, 3.63) is 72.7 Å². The summed E-state index contributed by atoms with van der Waals surface area (Å²) in [7, 11) is -4.36. The zero-order chi connectivity index (χ0) is 34.3. The van der Waals surface area contributed by atoms with Gasteiger partial charge in [0.1, 0.15) is 11.4 Å². The van der Waals surface area contributed by atoms with E-state index < -0.39 is 16.1 Å². The predicted octanol–water partition coefficient (Wildman–Crippen LogP) is 6.32. The number of fused-ring (bicyclic) bond motifs is 1. The number of rotatable bonds is 9. The van der Waals surface area contributed by atoms with Crippen LogP contribution in [0.2, 0.25) is 0 Å². The van der Waals surface area contributed by atoms with E-state index in [9.17, 15) is 23.2 Å². The van der Waals surface area contributed by atoms with Crippen LogP contribution in [0.25, 0.3) is 16.5 Å². The van der Waals surface area contributed by atoms with E-state index in [0.717, 1.165) is 6.92 Å². The normalized spacial score (nSPS) is 11.4. The maximum absolute atomic E-state index is 11.3. The number of benzene rings is 3. The standard InChI is InChI=1S/C25H20N8O8S2.C2H4O2.Cu/c1-13-22(25(26)33(32-13)16-3-5-17(6-4-16)43(37,38)39)30-28-15-2-7-18-14(10-15)11-21(42-41-40-36)23(24(18)35)31-29-19-8-9-27-12-20(19)34;1-2(3)4;/h2-12,34-36H,26H2,1H3,(H,37,38,39);1H3,(H,3,4);. The third-order valence-electron chi connectivity index (χ3n) is 5.93. The molecule has 2 heterocycles. The van der Waals surface area contributed by atoms with E-state index in [1.807, 2.05) is 0 Å². The number of aromatic hydroxyl groups is 2. The van der Waals surface area contributed by atoms with Gasteiger partial charge in [-0.2, -0.15) is 18.6 Å². The van der Waals surface area contributed by atoms with Gasteiger partial charge in [-0.15, -0.1) is 19.7 Å². The molecule has 0 atom stereocenters. The SMILES string of the molecule is CC(=O)O.Cc1nn(-c2ccc(S(=O)(=O)O)cc2)c(N)c1N=Nc1ccc2c(O)c(N=Nc3ccncc3O)c(SOOO)cc2c1.[Cu]. The Kier molecular flexibility index (Phi) is 12.7. The molecule has 0 bridgehead atoms. The van der Waals surface area contributed by atoms with Crippen molar-refractivity contribution in [1.82, 2.24) is 14.8 Å². The second kappa shape index (κ2) is 16.2. The van der Waals surface area contributed by atoms with Crippen molar-refractivity contribution in [3.8, 4) is 17.2 Å². The molecule has 0 aliphatic heterocycles. The largest absolute Gasteiger partial charge is 0.505 e. The van der Waals surface area contributed by atoms with Crippen molar-refractivity contribution in [2.75, 3.05) is 5.73 Å². The van der Waals surface area contributed by atoms with Crippen LogP contribution >= 0.6 is 12.0 Å². The van der Waals surface area contributed by atoms with Gasteiger partial charge in [0.2, 0.25) is 0 Å². The van der Waals surface area contributed by atoms with Crippen LogP contribution in [0, 0.1) is 6.92 Å². The molecule has 5 rings (SSSR count). The van der Waals surface area contributed by atoms with Gasteiger partial charge in [0.15, 0.2) is 23.0 Å². The number of nitrogens with zero attached hydrogens (tertiary/aromatic N) is 7. The molecule has 48 heavy (non-hydrogen) atoms.